The van der Waals surface area contributed by atoms with E-state index < -0.39 is 12.0 Å². The Hall–Kier alpha value is -1.75. The number of carbonyl (C=O) groups is 1. The zero-order valence-electron chi connectivity index (χ0n) is 8.05. The number of nitrogens with two attached hydrogens (primary N) is 1. The minimum atomic E-state index is -1.07. The van der Waals surface area contributed by atoms with Gasteiger partial charge in [0.25, 0.3) is 0 Å². The molecule has 5 heteroatoms. The van der Waals surface area contributed by atoms with Gasteiger partial charge in [0.1, 0.15) is 17.5 Å². The summed E-state index contributed by atoms with van der Waals surface area (Å²) >= 11 is 0. The van der Waals surface area contributed by atoms with Crippen LogP contribution in [-0.2, 0) is 11.2 Å². The Morgan fingerprint density at radius 2 is 2.07 bits per heavy atom. The van der Waals surface area contributed by atoms with E-state index in [1.165, 1.54) is 18.2 Å². The third-order valence-electron chi connectivity index (χ3n) is 2.10. The Labute approximate surface area is 86.8 Å². The lowest BCUT2D eigenvalue weighted by molar-refractivity contribution is -0.138. The van der Waals surface area contributed by atoms with E-state index in [9.17, 15) is 9.90 Å². The number of phenols is 2. The summed E-state index contributed by atoms with van der Waals surface area (Å²) in [6.45, 7) is 0. The van der Waals surface area contributed by atoms with Crippen LogP contribution in [0.5, 0.6) is 11.5 Å². The molecule has 0 heterocycles. The average Bonchev–Trinajstić information content (AvgIpc) is 2.18. The molecule has 1 aromatic carbocycles. The summed E-state index contributed by atoms with van der Waals surface area (Å²) in [4.78, 5) is 10.4. The van der Waals surface area contributed by atoms with Crippen molar-refractivity contribution < 1.29 is 20.1 Å². The summed E-state index contributed by atoms with van der Waals surface area (Å²) in [5, 5.41) is 27.1. The standard InChI is InChI=1S/C10H13NO4/c11-8(10(14)15)3-1-6-5-7(12)2-4-9(6)13/h2,4-5,8,12-13H,1,3,11H2,(H,14,15). The Bertz CT molecular complexity index is 364. The van der Waals surface area contributed by atoms with Crippen LogP contribution < -0.4 is 5.73 Å². The molecule has 1 unspecified atom stereocenters. The average molecular weight is 211 g/mol. The first-order chi connectivity index (χ1) is 7.00. The molecule has 0 spiro atoms. The van der Waals surface area contributed by atoms with Gasteiger partial charge in [0, 0.05) is 0 Å². The van der Waals surface area contributed by atoms with Crippen LogP contribution in [0.15, 0.2) is 18.2 Å². The van der Waals surface area contributed by atoms with E-state index in [0.717, 1.165) is 0 Å². The highest BCUT2D eigenvalue weighted by molar-refractivity contribution is 5.73. The number of hydrogen-bond acceptors (Lipinski definition) is 4. The van der Waals surface area contributed by atoms with E-state index in [0.29, 0.717) is 12.0 Å². The number of carboxylic acid groups (broad SMARTS) is 1. The quantitative estimate of drug-likeness (QED) is 0.541. The number of phenolic OH excluding ortho intramolecular Hbond substituents is 2. The number of aromatic hydroxyl groups is 2. The van der Waals surface area contributed by atoms with Crippen LogP contribution >= 0.6 is 0 Å². The van der Waals surface area contributed by atoms with Crippen molar-refractivity contribution in [2.24, 2.45) is 5.73 Å². The van der Waals surface area contributed by atoms with Crippen molar-refractivity contribution in [1.82, 2.24) is 0 Å². The van der Waals surface area contributed by atoms with E-state index in [4.69, 9.17) is 15.9 Å². The molecule has 1 atom stereocenters. The molecule has 5 N–H and O–H groups in total. The summed E-state index contributed by atoms with van der Waals surface area (Å²) in [6, 6.07) is 3.16. The maximum absolute atomic E-state index is 10.4. The van der Waals surface area contributed by atoms with E-state index in [1.54, 1.807) is 0 Å². The zero-order chi connectivity index (χ0) is 11.4. The summed E-state index contributed by atoms with van der Waals surface area (Å²) < 4.78 is 0. The molecule has 1 aromatic rings. The molecule has 0 saturated carbocycles. The lowest BCUT2D eigenvalue weighted by atomic mass is 10.0. The zero-order valence-corrected chi connectivity index (χ0v) is 8.05. The first kappa shape index (κ1) is 11.3. The number of hydrogen-bond donors (Lipinski definition) is 4. The largest absolute Gasteiger partial charge is 0.508 e. The fourth-order valence-corrected chi connectivity index (χ4v) is 1.21. The molecular formula is C10H13NO4. The topological polar surface area (TPSA) is 104 Å². The molecule has 0 aliphatic heterocycles. The van der Waals surface area contributed by atoms with Crippen molar-refractivity contribution in [3.63, 3.8) is 0 Å². The van der Waals surface area contributed by atoms with Crippen LogP contribution in [0.1, 0.15) is 12.0 Å². The second kappa shape index (κ2) is 4.65. The van der Waals surface area contributed by atoms with Gasteiger partial charge in [-0.25, -0.2) is 0 Å². The minimum Gasteiger partial charge on any atom is -0.508 e. The second-order valence-electron chi connectivity index (χ2n) is 3.30. The molecule has 0 radical (unpaired) electrons. The van der Waals surface area contributed by atoms with Crippen LogP contribution in [0.25, 0.3) is 0 Å². The number of rotatable bonds is 4. The first-order valence-corrected chi connectivity index (χ1v) is 4.50. The van der Waals surface area contributed by atoms with E-state index >= 15 is 0 Å². The van der Waals surface area contributed by atoms with Crippen molar-refractivity contribution in [3.05, 3.63) is 23.8 Å². The highest BCUT2D eigenvalue weighted by Gasteiger charge is 2.12. The molecule has 15 heavy (non-hydrogen) atoms. The van der Waals surface area contributed by atoms with Gasteiger partial charge in [0.2, 0.25) is 0 Å². The van der Waals surface area contributed by atoms with Crippen molar-refractivity contribution in [2.75, 3.05) is 0 Å². The van der Waals surface area contributed by atoms with Gasteiger partial charge in [-0.15, -0.1) is 0 Å². The summed E-state index contributed by atoms with van der Waals surface area (Å²) in [5.41, 5.74) is 5.80. The Morgan fingerprint density at radius 3 is 2.67 bits per heavy atom. The molecular weight excluding hydrogens is 198 g/mol. The first-order valence-electron chi connectivity index (χ1n) is 4.50. The summed E-state index contributed by atoms with van der Waals surface area (Å²) in [6.07, 6.45) is 0.528. The highest BCUT2D eigenvalue weighted by atomic mass is 16.4. The second-order valence-corrected chi connectivity index (χ2v) is 3.30. The number of benzene rings is 1. The van der Waals surface area contributed by atoms with Gasteiger partial charge >= 0.3 is 5.97 Å². The van der Waals surface area contributed by atoms with Crippen LogP contribution in [0.2, 0.25) is 0 Å². The van der Waals surface area contributed by atoms with Gasteiger partial charge in [-0.1, -0.05) is 0 Å². The van der Waals surface area contributed by atoms with E-state index in [1.807, 2.05) is 0 Å². The monoisotopic (exact) mass is 211 g/mol. The van der Waals surface area contributed by atoms with Crippen molar-refractivity contribution in [1.29, 1.82) is 0 Å². The van der Waals surface area contributed by atoms with Crippen LogP contribution in [-0.4, -0.2) is 27.3 Å². The molecule has 1 rings (SSSR count). The van der Waals surface area contributed by atoms with Crippen molar-refractivity contribution in [3.8, 4) is 11.5 Å². The van der Waals surface area contributed by atoms with Crippen molar-refractivity contribution in [2.45, 2.75) is 18.9 Å². The van der Waals surface area contributed by atoms with E-state index in [2.05, 4.69) is 0 Å². The third kappa shape index (κ3) is 3.14. The fourth-order valence-electron chi connectivity index (χ4n) is 1.21. The molecule has 0 saturated heterocycles. The minimum absolute atomic E-state index is 0.0328. The number of aryl methyl sites for hydroxylation is 1. The number of carboxylic acids is 1. The van der Waals surface area contributed by atoms with Gasteiger partial charge in [0.05, 0.1) is 0 Å². The lowest BCUT2D eigenvalue weighted by Gasteiger charge is -2.07. The van der Waals surface area contributed by atoms with Gasteiger partial charge in [-0.05, 0) is 36.6 Å². The number of aliphatic carboxylic acids is 1. The molecule has 0 aromatic heterocycles. The highest BCUT2D eigenvalue weighted by Crippen LogP contribution is 2.23. The maximum atomic E-state index is 10.4. The van der Waals surface area contributed by atoms with Gasteiger partial charge in [0.15, 0.2) is 0 Å². The van der Waals surface area contributed by atoms with Crippen LogP contribution in [0.3, 0.4) is 0 Å². The van der Waals surface area contributed by atoms with Crippen LogP contribution in [0.4, 0.5) is 0 Å². The molecule has 0 fully saturated rings. The predicted molar refractivity (Wildman–Crippen MR) is 53.7 cm³/mol. The normalized spacial score (nSPS) is 12.3. The van der Waals surface area contributed by atoms with Gasteiger partial charge < -0.3 is 21.1 Å². The molecule has 0 aliphatic carbocycles. The summed E-state index contributed by atoms with van der Waals surface area (Å²) in [7, 11) is 0. The van der Waals surface area contributed by atoms with Gasteiger partial charge in [-0.3, -0.25) is 4.79 Å². The lowest BCUT2D eigenvalue weighted by Crippen LogP contribution is -2.30. The van der Waals surface area contributed by atoms with E-state index in [-0.39, 0.29) is 17.9 Å². The maximum Gasteiger partial charge on any atom is 0.320 e. The molecule has 0 amide bonds. The third-order valence-corrected chi connectivity index (χ3v) is 2.10. The predicted octanol–water partition coefficient (Wildman–Crippen LogP) is 0.442. The molecule has 0 aliphatic rings. The Morgan fingerprint density at radius 1 is 1.40 bits per heavy atom. The Kier molecular flexibility index (Phi) is 3.51. The summed E-state index contributed by atoms with van der Waals surface area (Å²) in [5.74, 6) is -1.01. The smallest absolute Gasteiger partial charge is 0.320 e. The molecule has 82 valence electrons. The molecule has 5 nitrogen and oxygen atoms in total. The molecule has 0 bridgehead atoms. The van der Waals surface area contributed by atoms with Crippen molar-refractivity contribution >= 4 is 5.97 Å². The van der Waals surface area contributed by atoms with Crippen LogP contribution in [0, 0.1) is 0 Å². The van der Waals surface area contributed by atoms with Gasteiger partial charge in [-0.2, -0.15) is 0 Å². The Balaban J connectivity index is 2.65. The fraction of sp³-hybridized carbons (Fsp3) is 0.300. The SMILES string of the molecule is NC(CCc1cc(O)ccc1O)C(=O)O.